The van der Waals surface area contributed by atoms with Crippen molar-refractivity contribution in [3.63, 3.8) is 0 Å². The van der Waals surface area contributed by atoms with E-state index in [0.29, 0.717) is 17.7 Å². The number of halogens is 1. The van der Waals surface area contributed by atoms with Crippen LogP contribution in [-0.4, -0.2) is 24.2 Å². The zero-order chi connectivity index (χ0) is 12.8. The number of alkyl halides is 1. The van der Waals surface area contributed by atoms with Crippen LogP contribution >= 0.6 is 11.6 Å². The zero-order valence-electron chi connectivity index (χ0n) is 9.96. The summed E-state index contributed by atoms with van der Waals surface area (Å²) in [6.07, 6.45) is 0.171. The number of ketones is 1. The summed E-state index contributed by atoms with van der Waals surface area (Å²) in [5.74, 6) is -0.545. The summed E-state index contributed by atoms with van der Waals surface area (Å²) in [6.45, 7) is 3.92. The molecular formula is C13H15ClO3. The van der Waals surface area contributed by atoms with E-state index in [1.165, 1.54) is 0 Å². The van der Waals surface area contributed by atoms with Crippen molar-refractivity contribution < 1.29 is 14.3 Å². The average Bonchev–Trinajstić information content (AvgIpc) is 2.31. The summed E-state index contributed by atoms with van der Waals surface area (Å²) in [6, 6.07) is 5.30. The van der Waals surface area contributed by atoms with Gasteiger partial charge in [-0.25, -0.2) is 4.79 Å². The van der Waals surface area contributed by atoms with E-state index in [4.69, 9.17) is 16.3 Å². The van der Waals surface area contributed by atoms with Gasteiger partial charge in [-0.05, 0) is 31.0 Å². The number of benzene rings is 1. The van der Waals surface area contributed by atoms with Crippen LogP contribution in [0.5, 0.6) is 0 Å². The van der Waals surface area contributed by atoms with Gasteiger partial charge in [0.1, 0.15) is 0 Å². The van der Waals surface area contributed by atoms with Gasteiger partial charge in [0.25, 0.3) is 0 Å². The number of hydrogen-bond acceptors (Lipinski definition) is 3. The van der Waals surface area contributed by atoms with E-state index < -0.39 is 5.97 Å². The molecule has 17 heavy (non-hydrogen) atoms. The Morgan fingerprint density at radius 3 is 2.65 bits per heavy atom. The Morgan fingerprint density at radius 2 is 2.06 bits per heavy atom. The topological polar surface area (TPSA) is 43.4 Å². The average molecular weight is 255 g/mol. The van der Waals surface area contributed by atoms with Gasteiger partial charge in [-0.2, -0.15) is 0 Å². The molecule has 0 aliphatic rings. The molecule has 0 N–H and O–H groups in total. The highest BCUT2D eigenvalue weighted by atomic mass is 35.5. The number of aryl methyl sites for hydroxylation is 1. The third kappa shape index (κ3) is 3.56. The highest BCUT2D eigenvalue weighted by molar-refractivity contribution is 6.27. The summed E-state index contributed by atoms with van der Waals surface area (Å²) >= 11 is 5.48. The fourth-order valence-electron chi connectivity index (χ4n) is 1.58. The smallest absolute Gasteiger partial charge is 0.338 e. The van der Waals surface area contributed by atoms with Crippen LogP contribution in [0.1, 0.15) is 28.4 Å². The van der Waals surface area contributed by atoms with E-state index in [2.05, 4.69) is 0 Å². The number of hydrogen-bond donors (Lipinski definition) is 0. The van der Waals surface area contributed by atoms with Gasteiger partial charge in [-0.15, -0.1) is 11.6 Å². The lowest BCUT2D eigenvalue weighted by Crippen LogP contribution is -2.13. The highest BCUT2D eigenvalue weighted by Gasteiger charge is 2.16. The minimum Gasteiger partial charge on any atom is -0.462 e. The first-order chi connectivity index (χ1) is 8.10. The molecule has 0 aliphatic carbocycles. The Balaban J connectivity index is 3.08. The molecule has 4 heteroatoms. The molecule has 1 rings (SSSR count). The third-order valence-corrected chi connectivity index (χ3v) is 2.73. The SMILES string of the molecule is CCOC(=O)c1cccc(C)c1CC(=O)CCl. The van der Waals surface area contributed by atoms with Crippen molar-refractivity contribution in [3.05, 3.63) is 34.9 Å². The van der Waals surface area contributed by atoms with Gasteiger partial charge in [0.05, 0.1) is 18.1 Å². The highest BCUT2D eigenvalue weighted by Crippen LogP contribution is 2.16. The molecule has 1 aromatic rings. The molecule has 0 spiro atoms. The molecule has 3 nitrogen and oxygen atoms in total. The van der Waals surface area contributed by atoms with E-state index in [1.54, 1.807) is 19.1 Å². The van der Waals surface area contributed by atoms with Gasteiger partial charge in [0.15, 0.2) is 5.78 Å². The van der Waals surface area contributed by atoms with E-state index >= 15 is 0 Å². The minimum atomic E-state index is -0.395. The second-order valence-corrected chi connectivity index (χ2v) is 3.94. The van der Waals surface area contributed by atoms with Gasteiger partial charge in [0, 0.05) is 6.42 Å². The second-order valence-electron chi connectivity index (χ2n) is 3.67. The predicted octanol–water partition coefficient (Wildman–Crippen LogP) is 2.52. The number of Topliss-reactive ketones (excluding diaryl/α,β-unsaturated/α-hetero) is 1. The lowest BCUT2D eigenvalue weighted by Gasteiger charge is -2.10. The summed E-state index contributed by atoms with van der Waals surface area (Å²) in [5, 5.41) is 0. The summed E-state index contributed by atoms with van der Waals surface area (Å²) in [7, 11) is 0. The molecule has 0 fully saturated rings. The maximum absolute atomic E-state index is 11.7. The third-order valence-electron chi connectivity index (χ3n) is 2.43. The number of esters is 1. The molecule has 0 heterocycles. The first kappa shape index (κ1) is 13.7. The summed E-state index contributed by atoms with van der Waals surface area (Å²) in [4.78, 5) is 23.1. The predicted molar refractivity (Wildman–Crippen MR) is 66.6 cm³/mol. The fourth-order valence-corrected chi connectivity index (χ4v) is 1.68. The lowest BCUT2D eigenvalue weighted by molar-refractivity contribution is -0.116. The molecule has 0 aliphatic heterocycles. The van der Waals surface area contributed by atoms with Gasteiger partial charge < -0.3 is 4.74 Å². The summed E-state index contributed by atoms with van der Waals surface area (Å²) < 4.78 is 4.96. The van der Waals surface area contributed by atoms with Crippen LogP contribution < -0.4 is 0 Å². The maximum Gasteiger partial charge on any atom is 0.338 e. The molecule has 0 aromatic heterocycles. The van der Waals surface area contributed by atoms with Crippen LogP contribution in [-0.2, 0) is 16.0 Å². The van der Waals surface area contributed by atoms with Crippen LogP contribution in [0.25, 0.3) is 0 Å². The van der Waals surface area contributed by atoms with Crippen molar-refractivity contribution in [3.8, 4) is 0 Å². The molecule has 0 bridgehead atoms. The van der Waals surface area contributed by atoms with Gasteiger partial charge in [-0.3, -0.25) is 4.79 Å². The molecule has 0 amide bonds. The van der Waals surface area contributed by atoms with E-state index in [0.717, 1.165) is 5.56 Å². The zero-order valence-corrected chi connectivity index (χ0v) is 10.7. The molecule has 92 valence electrons. The summed E-state index contributed by atoms with van der Waals surface area (Å²) in [5.41, 5.74) is 2.05. The molecule has 0 saturated heterocycles. The second kappa shape index (κ2) is 6.40. The molecule has 0 saturated carbocycles. The van der Waals surface area contributed by atoms with Crippen LogP contribution in [0.15, 0.2) is 18.2 Å². The first-order valence-electron chi connectivity index (χ1n) is 5.43. The lowest BCUT2D eigenvalue weighted by atomic mass is 9.97. The van der Waals surface area contributed by atoms with Crippen LogP contribution in [0.2, 0.25) is 0 Å². The van der Waals surface area contributed by atoms with Crippen LogP contribution in [0.4, 0.5) is 0 Å². The van der Waals surface area contributed by atoms with Crippen LogP contribution in [0, 0.1) is 6.92 Å². The normalized spacial score (nSPS) is 10.1. The molecule has 0 radical (unpaired) electrons. The van der Waals surface area contributed by atoms with Crippen molar-refractivity contribution in [2.75, 3.05) is 12.5 Å². The standard InChI is InChI=1S/C13H15ClO3/c1-3-17-13(16)11-6-4-5-9(2)12(11)7-10(15)8-14/h4-6H,3,7-8H2,1-2H3. The monoisotopic (exact) mass is 254 g/mol. The van der Waals surface area contributed by atoms with E-state index in [1.807, 2.05) is 13.0 Å². The Morgan fingerprint density at radius 1 is 1.35 bits per heavy atom. The Hall–Kier alpha value is -1.35. The molecular weight excluding hydrogens is 240 g/mol. The molecule has 1 aromatic carbocycles. The fraction of sp³-hybridized carbons (Fsp3) is 0.385. The van der Waals surface area contributed by atoms with Crippen molar-refractivity contribution >= 4 is 23.4 Å². The quantitative estimate of drug-likeness (QED) is 0.599. The Bertz CT molecular complexity index is 427. The minimum absolute atomic E-state index is 0.0450. The van der Waals surface area contributed by atoms with Crippen molar-refractivity contribution in [2.24, 2.45) is 0 Å². The van der Waals surface area contributed by atoms with Crippen LogP contribution in [0.3, 0.4) is 0 Å². The van der Waals surface area contributed by atoms with Crippen molar-refractivity contribution in [2.45, 2.75) is 20.3 Å². The van der Waals surface area contributed by atoms with Crippen molar-refractivity contribution in [1.82, 2.24) is 0 Å². The Kier molecular flexibility index (Phi) is 5.16. The van der Waals surface area contributed by atoms with Crippen molar-refractivity contribution in [1.29, 1.82) is 0 Å². The number of rotatable bonds is 5. The molecule has 0 unspecified atom stereocenters. The van der Waals surface area contributed by atoms with Gasteiger partial charge in [0.2, 0.25) is 0 Å². The number of ether oxygens (including phenoxy) is 1. The largest absolute Gasteiger partial charge is 0.462 e. The molecule has 0 atom stereocenters. The Labute approximate surface area is 106 Å². The first-order valence-corrected chi connectivity index (χ1v) is 5.96. The van der Waals surface area contributed by atoms with E-state index in [-0.39, 0.29) is 18.1 Å². The number of carbonyl (C=O) groups is 2. The van der Waals surface area contributed by atoms with Gasteiger partial charge in [-0.1, -0.05) is 12.1 Å². The maximum atomic E-state index is 11.7. The van der Waals surface area contributed by atoms with E-state index in [9.17, 15) is 9.59 Å². The van der Waals surface area contributed by atoms with Gasteiger partial charge >= 0.3 is 5.97 Å². The number of carbonyl (C=O) groups excluding carboxylic acids is 2.